The molecule has 12 heavy (non-hydrogen) atoms. The van der Waals surface area contributed by atoms with Crippen LogP contribution >= 0.6 is 0 Å². The maximum absolute atomic E-state index is 5.39. The van der Waals surface area contributed by atoms with Crippen LogP contribution in [0.1, 0.15) is 19.3 Å². The minimum absolute atomic E-state index is 0.325. The summed E-state index contributed by atoms with van der Waals surface area (Å²) >= 11 is 0. The van der Waals surface area contributed by atoms with Gasteiger partial charge in [-0.2, -0.15) is 0 Å². The molecular weight excluding hydrogens is 152 g/mol. The number of methoxy groups -OCH3 is 2. The molecule has 0 bridgehead atoms. The molecule has 0 aromatic heterocycles. The lowest BCUT2D eigenvalue weighted by molar-refractivity contribution is 0.00206. The lowest BCUT2D eigenvalue weighted by Gasteiger charge is -2.31. The van der Waals surface area contributed by atoms with E-state index in [1.807, 2.05) is 0 Å². The van der Waals surface area contributed by atoms with E-state index in [-0.39, 0.29) is 0 Å². The highest BCUT2D eigenvalue weighted by molar-refractivity contribution is 5.02. The molecule has 0 N–H and O–H groups in total. The van der Waals surface area contributed by atoms with Gasteiger partial charge in [-0.15, -0.1) is 0 Å². The third-order valence-corrected chi connectivity index (χ3v) is 2.57. The van der Waals surface area contributed by atoms with Crippen molar-refractivity contribution in [3.05, 3.63) is 12.2 Å². The molecule has 0 amide bonds. The van der Waals surface area contributed by atoms with E-state index in [0.717, 1.165) is 25.9 Å². The Morgan fingerprint density at radius 1 is 1.50 bits per heavy atom. The molecular formula is C10H18O2. The Labute approximate surface area is 74.6 Å². The highest BCUT2D eigenvalue weighted by atomic mass is 16.5. The molecule has 0 aliphatic heterocycles. The minimum atomic E-state index is 0.325. The van der Waals surface area contributed by atoms with Gasteiger partial charge in [-0.3, -0.25) is 0 Å². The standard InChI is InChI=1S/C10H18O2/c1-8-4-5-9(7-11-2)10(6-8)12-3/h9-10H,1,4-7H2,2-3H3. The molecule has 1 rings (SSSR count). The summed E-state index contributed by atoms with van der Waals surface area (Å²) < 4.78 is 10.5. The molecule has 1 fully saturated rings. The molecule has 70 valence electrons. The lowest BCUT2D eigenvalue weighted by Crippen LogP contribution is -2.30. The molecule has 0 saturated heterocycles. The van der Waals surface area contributed by atoms with Crippen molar-refractivity contribution in [2.75, 3.05) is 20.8 Å². The number of hydrogen-bond acceptors (Lipinski definition) is 2. The molecule has 0 radical (unpaired) electrons. The Kier molecular flexibility index (Phi) is 3.76. The van der Waals surface area contributed by atoms with E-state index in [0.29, 0.717) is 12.0 Å². The first-order valence-electron chi connectivity index (χ1n) is 4.46. The first-order valence-corrected chi connectivity index (χ1v) is 4.46. The van der Waals surface area contributed by atoms with Gasteiger partial charge in [-0.05, 0) is 19.3 Å². The van der Waals surface area contributed by atoms with Gasteiger partial charge in [0.1, 0.15) is 0 Å². The van der Waals surface area contributed by atoms with Gasteiger partial charge in [0.25, 0.3) is 0 Å². The first-order chi connectivity index (χ1) is 5.77. The second-order valence-electron chi connectivity index (χ2n) is 3.48. The highest BCUT2D eigenvalue weighted by Gasteiger charge is 2.26. The van der Waals surface area contributed by atoms with Gasteiger partial charge in [0.2, 0.25) is 0 Å². The molecule has 1 aliphatic carbocycles. The summed E-state index contributed by atoms with van der Waals surface area (Å²) in [6.45, 7) is 4.80. The van der Waals surface area contributed by atoms with Crippen LogP contribution in [0.5, 0.6) is 0 Å². The van der Waals surface area contributed by atoms with Gasteiger partial charge in [-0.1, -0.05) is 12.2 Å². The fraction of sp³-hybridized carbons (Fsp3) is 0.800. The van der Waals surface area contributed by atoms with Gasteiger partial charge < -0.3 is 9.47 Å². The van der Waals surface area contributed by atoms with Crippen molar-refractivity contribution in [1.82, 2.24) is 0 Å². The Balaban J connectivity index is 2.44. The van der Waals surface area contributed by atoms with E-state index in [1.165, 1.54) is 5.57 Å². The number of ether oxygens (including phenoxy) is 2. The highest BCUT2D eigenvalue weighted by Crippen LogP contribution is 2.29. The van der Waals surface area contributed by atoms with E-state index in [1.54, 1.807) is 14.2 Å². The van der Waals surface area contributed by atoms with Crippen molar-refractivity contribution >= 4 is 0 Å². The van der Waals surface area contributed by atoms with Crippen molar-refractivity contribution in [2.24, 2.45) is 5.92 Å². The minimum Gasteiger partial charge on any atom is -0.384 e. The van der Waals surface area contributed by atoms with Crippen LogP contribution < -0.4 is 0 Å². The van der Waals surface area contributed by atoms with E-state index < -0.39 is 0 Å². The second kappa shape index (κ2) is 4.63. The first kappa shape index (κ1) is 9.75. The monoisotopic (exact) mass is 170 g/mol. The summed E-state index contributed by atoms with van der Waals surface area (Å²) in [5, 5.41) is 0. The van der Waals surface area contributed by atoms with Gasteiger partial charge in [0, 0.05) is 20.1 Å². The summed E-state index contributed by atoms with van der Waals surface area (Å²) in [6.07, 6.45) is 3.62. The Morgan fingerprint density at radius 2 is 2.25 bits per heavy atom. The van der Waals surface area contributed by atoms with E-state index in [4.69, 9.17) is 9.47 Å². The zero-order chi connectivity index (χ0) is 8.97. The second-order valence-corrected chi connectivity index (χ2v) is 3.48. The Morgan fingerprint density at radius 3 is 2.83 bits per heavy atom. The SMILES string of the molecule is C=C1CCC(COC)C(OC)C1. The van der Waals surface area contributed by atoms with Gasteiger partial charge in [-0.25, -0.2) is 0 Å². The normalized spacial score (nSPS) is 30.7. The molecule has 0 aromatic rings. The van der Waals surface area contributed by atoms with E-state index in [9.17, 15) is 0 Å². The van der Waals surface area contributed by atoms with Gasteiger partial charge >= 0.3 is 0 Å². The fourth-order valence-electron chi connectivity index (χ4n) is 1.81. The quantitative estimate of drug-likeness (QED) is 0.603. The average Bonchev–Trinajstić information content (AvgIpc) is 2.08. The maximum Gasteiger partial charge on any atom is 0.0658 e. The molecule has 2 nitrogen and oxygen atoms in total. The van der Waals surface area contributed by atoms with Crippen LogP contribution in [0.15, 0.2) is 12.2 Å². The van der Waals surface area contributed by atoms with Crippen molar-refractivity contribution in [2.45, 2.75) is 25.4 Å². The molecule has 0 aromatic carbocycles. The Bertz CT molecular complexity index is 154. The van der Waals surface area contributed by atoms with Crippen LogP contribution in [0.25, 0.3) is 0 Å². The summed E-state index contributed by atoms with van der Waals surface area (Å²) in [5.74, 6) is 0.561. The zero-order valence-electron chi connectivity index (χ0n) is 8.01. The van der Waals surface area contributed by atoms with Crippen LogP contribution in [0, 0.1) is 5.92 Å². The average molecular weight is 170 g/mol. The molecule has 1 saturated carbocycles. The van der Waals surface area contributed by atoms with Crippen LogP contribution in [-0.2, 0) is 9.47 Å². The summed E-state index contributed by atoms with van der Waals surface area (Å²) in [6, 6.07) is 0. The molecule has 2 heteroatoms. The fourth-order valence-corrected chi connectivity index (χ4v) is 1.81. The van der Waals surface area contributed by atoms with E-state index >= 15 is 0 Å². The van der Waals surface area contributed by atoms with Crippen LogP contribution in [0.3, 0.4) is 0 Å². The van der Waals surface area contributed by atoms with Crippen LogP contribution in [-0.4, -0.2) is 26.9 Å². The topological polar surface area (TPSA) is 18.5 Å². The van der Waals surface area contributed by atoms with Crippen molar-refractivity contribution in [3.8, 4) is 0 Å². The number of hydrogen-bond donors (Lipinski definition) is 0. The predicted molar refractivity (Wildman–Crippen MR) is 49.2 cm³/mol. The zero-order valence-corrected chi connectivity index (χ0v) is 8.01. The van der Waals surface area contributed by atoms with Crippen molar-refractivity contribution in [1.29, 1.82) is 0 Å². The molecule has 0 heterocycles. The summed E-state index contributed by atoms with van der Waals surface area (Å²) in [4.78, 5) is 0. The molecule has 0 spiro atoms. The van der Waals surface area contributed by atoms with Gasteiger partial charge in [0.15, 0.2) is 0 Å². The Hall–Kier alpha value is -0.340. The third kappa shape index (κ3) is 2.32. The van der Waals surface area contributed by atoms with Crippen molar-refractivity contribution in [3.63, 3.8) is 0 Å². The van der Waals surface area contributed by atoms with Gasteiger partial charge in [0.05, 0.1) is 12.7 Å². The third-order valence-electron chi connectivity index (χ3n) is 2.57. The largest absolute Gasteiger partial charge is 0.384 e. The van der Waals surface area contributed by atoms with Crippen LogP contribution in [0.2, 0.25) is 0 Å². The number of rotatable bonds is 3. The summed E-state index contributed by atoms with van der Waals surface area (Å²) in [5.41, 5.74) is 1.31. The van der Waals surface area contributed by atoms with E-state index in [2.05, 4.69) is 6.58 Å². The maximum atomic E-state index is 5.39. The molecule has 2 unspecified atom stereocenters. The molecule has 2 atom stereocenters. The summed E-state index contributed by atoms with van der Waals surface area (Å²) in [7, 11) is 3.52. The smallest absolute Gasteiger partial charge is 0.0658 e. The lowest BCUT2D eigenvalue weighted by atomic mass is 9.84. The molecule has 1 aliphatic rings. The predicted octanol–water partition coefficient (Wildman–Crippen LogP) is 2.00. The van der Waals surface area contributed by atoms with Crippen molar-refractivity contribution < 1.29 is 9.47 Å². The van der Waals surface area contributed by atoms with Crippen LogP contribution in [0.4, 0.5) is 0 Å².